The van der Waals surface area contributed by atoms with Crippen molar-refractivity contribution < 1.29 is 4.79 Å². The number of benzene rings is 1. The summed E-state index contributed by atoms with van der Waals surface area (Å²) in [5, 5.41) is 18.3. The van der Waals surface area contributed by atoms with Crippen molar-refractivity contribution in [2.75, 3.05) is 17.2 Å². The number of anilines is 1. The Morgan fingerprint density at radius 2 is 1.93 bits per heavy atom. The number of carbonyl (C=O) groups excluding carboxylic acids is 1. The lowest BCUT2D eigenvalue weighted by Gasteiger charge is -2.22. The van der Waals surface area contributed by atoms with Crippen LogP contribution in [0.15, 0.2) is 47.9 Å². The quantitative estimate of drug-likeness (QED) is 0.512. The van der Waals surface area contributed by atoms with Crippen LogP contribution in [0.25, 0.3) is 11.4 Å². The molecule has 1 aromatic carbocycles. The van der Waals surface area contributed by atoms with Crippen molar-refractivity contribution in [3.8, 4) is 17.5 Å². The highest BCUT2D eigenvalue weighted by molar-refractivity contribution is 7.99. The monoisotopic (exact) mass is 420 g/mol. The van der Waals surface area contributed by atoms with Gasteiger partial charge in [0.25, 0.3) is 0 Å². The number of aryl methyl sites for hydroxylation is 2. The smallest absolute Gasteiger partial charge is 0.237 e. The van der Waals surface area contributed by atoms with Gasteiger partial charge in [-0.2, -0.15) is 5.26 Å². The zero-order valence-electron chi connectivity index (χ0n) is 17.4. The molecule has 0 bridgehead atoms. The number of aromatic nitrogens is 4. The van der Waals surface area contributed by atoms with E-state index in [1.54, 1.807) is 17.3 Å². The van der Waals surface area contributed by atoms with E-state index in [0.29, 0.717) is 18.2 Å². The summed E-state index contributed by atoms with van der Waals surface area (Å²) in [5.41, 5.74) is 4.03. The first kappa shape index (κ1) is 21.5. The minimum atomic E-state index is -0.0605. The summed E-state index contributed by atoms with van der Waals surface area (Å²) in [6.07, 6.45) is 3.72. The zero-order chi connectivity index (χ0) is 21.5. The summed E-state index contributed by atoms with van der Waals surface area (Å²) in [5.74, 6) is 0.910. The van der Waals surface area contributed by atoms with Crippen LogP contribution in [0.1, 0.15) is 24.5 Å². The lowest BCUT2D eigenvalue weighted by molar-refractivity contribution is -0.116. The van der Waals surface area contributed by atoms with Crippen LogP contribution in [-0.4, -0.2) is 38.0 Å². The second-order valence-electron chi connectivity index (χ2n) is 6.80. The molecule has 0 saturated heterocycles. The summed E-state index contributed by atoms with van der Waals surface area (Å²) in [7, 11) is 0. The Morgan fingerprint density at radius 1 is 1.17 bits per heavy atom. The third-order valence-corrected chi connectivity index (χ3v) is 5.80. The van der Waals surface area contributed by atoms with Crippen molar-refractivity contribution in [3.63, 3.8) is 0 Å². The van der Waals surface area contributed by atoms with E-state index in [-0.39, 0.29) is 18.1 Å². The Kier molecular flexibility index (Phi) is 7.20. The summed E-state index contributed by atoms with van der Waals surface area (Å²) in [6, 6.07) is 11.8. The fourth-order valence-corrected chi connectivity index (χ4v) is 3.93. The number of pyridine rings is 1. The fourth-order valence-electron chi connectivity index (χ4n) is 3.05. The zero-order valence-corrected chi connectivity index (χ0v) is 18.2. The van der Waals surface area contributed by atoms with Gasteiger partial charge in [0.15, 0.2) is 11.0 Å². The van der Waals surface area contributed by atoms with Crippen molar-refractivity contribution >= 4 is 23.4 Å². The molecular weight excluding hydrogens is 396 g/mol. The number of thioether (sulfide) groups is 1. The van der Waals surface area contributed by atoms with Gasteiger partial charge in [-0.3, -0.25) is 9.78 Å². The van der Waals surface area contributed by atoms with Crippen LogP contribution in [0.3, 0.4) is 0 Å². The highest BCUT2D eigenvalue weighted by Crippen LogP contribution is 2.25. The molecule has 0 unspecified atom stereocenters. The van der Waals surface area contributed by atoms with Crippen molar-refractivity contribution in [2.24, 2.45) is 0 Å². The average Bonchev–Trinajstić information content (AvgIpc) is 3.18. The van der Waals surface area contributed by atoms with E-state index in [9.17, 15) is 4.79 Å². The topological polar surface area (TPSA) is 87.7 Å². The van der Waals surface area contributed by atoms with Gasteiger partial charge in [-0.15, -0.1) is 10.2 Å². The molecule has 3 rings (SSSR count). The first-order valence-electron chi connectivity index (χ1n) is 9.76. The fraction of sp³-hybridized carbons (Fsp3) is 0.318. The molecule has 0 spiro atoms. The summed E-state index contributed by atoms with van der Waals surface area (Å²) < 4.78 is 1.99. The van der Waals surface area contributed by atoms with Crippen LogP contribution in [-0.2, 0) is 11.3 Å². The van der Waals surface area contributed by atoms with E-state index in [4.69, 9.17) is 5.26 Å². The maximum atomic E-state index is 13.0. The minimum absolute atomic E-state index is 0.0605. The van der Waals surface area contributed by atoms with Gasteiger partial charge >= 0.3 is 0 Å². The molecule has 0 N–H and O–H groups in total. The molecule has 30 heavy (non-hydrogen) atoms. The lowest BCUT2D eigenvalue weighted by atomic mass is 10.1. The number of rotatable bonds is 8. The first-order chi connectivity index (χ1) is 14.5. The molecule has 8 heteroatoms. The largest absolute Gasteiger partial charge is 0.311 e. The Labute approximate surface area is 180 Å². The van der Waals surface area contributed by atoms with Gasteiger partial charge in [-0.1, -0.05) is 17.8 Å². The summed E-state index contributed by atoms with van der Waals surface area (Å²) in [4.78, 5) is 18.7. The number of hydrogen-bond acceptors (Lipinski definition) is 6. The number of carbonyl (C=O) groups is 1. The maximum Gasteiger partial charge on any atom is 0.237 e. The normalized spacial score (nSPS) is 10.6. The molecule has 0 aliphatic carbocycles. The second kappa shape index (κ2) is 10.0. The molecule has 0 aliphatic heterocycles. The van der Waals surface area contributed by atoms with Gasteiger partial charge in [-0.25, -0.2) is 0 Å². The van der Waals surface area contributed by atoms with E-state index < -0.39 is 0 Å². The van der Waals surface area contributed by atoms with Gasteiger partial charge in [-0.05, 0) is 56.2 Å². The lowest BCUT2D eigenvalue weighted by Crippen LogP contribution is -2.33. The van der Waals surface area contributed by atoms with Gasteiger partial charge in [0, 0.05) is 36.7 Å². The highest BCUT2D eigenvalue weighted by atomic mass is 32.2. The third-order valence-electron chi connectivity index (χ3n) is 4.85. The van der Waals surface area contributed by atoms with Crippen LogP contribution < -0.4 is 4.90 Å². The summed E-state index contributed by atoms with van der Waals surface area (Å²) in [6.45, 7) is 7.13. The Bertz CT molecular complexity index is 1060. The molecule has 0 radical (unpaired) electrons. The van der Waals surface area contributed by atoms with Crippen LogP contribution in [0, 0.1) is 25.2 Å². The van der Waals surface area contributed by atoms with Crippen LogP contribution >= 0.6 is 11.8 Å². The van der Waals surface area contributed by atoms with Crippen molar-refractivity contribution in [3.05, 3.63) is 53.9 Å². The average molecular weight is 421 g/mol. The van der Waals surface area contributed by atoms with Gasteiger partial charge in [0.2, 0.25) is 5.91 Å². The predicted octanol–water partition coefficient (Wildman–Crippen LogP) is 4.02. The van der Waals surface area contributed by atoms with Crippen molar-refractivity contribution in [1.82, 2.24) is 19.7 Å². The Hall–Kier alpha value is -3.18. The molecule has 2 heterocycles. The van der Waals surface area contributed by atoms with E-state index in [1.165, 1.54) is 17.3 Å². The molecule has 154 valence electrons. The van der Waals surface area contributed by atoms with Gasteiger partial charge in [0.1, 0.15) is 0 Å². The Morgan fingerprint density at radius 3 is 2.60 bits per heavy atom. The van der Waals surface area contributed by atoms with Crippen LogP contribution in [0.5, 0.6) is 0 Å². The van der Waals surface area contributed by atoms with E-state index >= 15 is 0 Å². The maximum absolute atomic E-state index is 13.0. The van der Waals surface area contributed by atoms with E-state index in [2.05, 4.69) is 21.3 Å². The molecule has 7 nitrogen and oxygen atoms in total. The second-order valence-corrected chi connectivity index (χ2v) is 7.74. The third kappa shape index (κ3) is 4.86. The molecule has 1 amide bonds. The molecule has 2 aromatic heterocycles. The molecule has 3 aromatic rings. The van der Waals surface area contributed by atoms with E-state index in [1.807, 2.05) is 55.7 Å². The minimum Gasteiger partial charge on any atom is -0.311 e. The molecule has 0 saturated carbocycles. The first-order valence-corrected chi connectivity index (χ1v) is 10.7. The molecule has 0 aliphatic rings. The highest BCUT2D eigenvalue weighted by Gasteiger charge is 2.19. The predicted molar refractivity (Wildman–Crippen MR) is 118 cm³/mol. The summed E-state index contributed by atoms with van der Waals surface area (Å²) >= 11 is 1.36. The van der Waals surface area contributed by atoms with Crippen molar-refractivity contribution in [1.29, 1.82) is 5.26 Å². The Balaban J connectivity index is 1.78. The van der Waals surface area contributed by atoms with Crippen LogP contribution in [0.4, 0.5) is 5.69 Å². The van der Waals surface area contributed by atoms with Gasteiger partial charge in [0.05, 0.1) is 18.2 Å². The van der Waals surface area contributed by atoms with E-state index in [0.717, 1.165) is 22.6 Å². The molecular formula is C22H24N6OS. The van der Waals surface area contributed by atoms with Crippen LogP contribution in [0.2, 0.25) is 0 Å². The van der Waals surface area contributed by atoms with Gasteiger partial charge < -0.3 is 9.47 Å². The number of nitriles is 1. The number of hydrogen-bond donors (Lipinski definition) is 0. The standard InChI is InChI=1S/C22H24N6OS/c1-4-27-21(18-8-11-24-12-9-18)25-26-22(27)30-15-20(29)28(13-5-10-23)19-7-6-16(2)17(3)14-19/h6-9,11-12,14H,4-5,13,15H2,1-3H3. The molecule has 0 fully saturated rings. The number of amides is 1. The number of nitrogens with zero attached hydrogens (tertiary/aromatic N) is 6. The molecule has 0 atom stereocenters. The SMILES string of the molecule is CCn1c(SCC(=O)N(CCC#N)c2ccc(C)c(C)c2)nnc1-c1ccncc1. The van der Waals surface area contributed by atoms with Crippen molar-refractivity contribution in [2.45, 2.75) is 38.9 Å².